The van der Waals surface area contributed by atoms with Gasteiger partial charge >= 0.3 is 5.97 Å². The van der Waals surface area contributed by atoms with Crippen molar-refractivity contribution >= 4 is 24.5 Å². The normalized spacial score (nSPS) is 18.5. The van der Waals surface area contributed by atoms with Crippen molar-refractivity contribution in [1.29, 1.82) is 0 Å². The van der Waals surface area contributed by atoms with E-state index in [1.807, 2.05) is 0 Å². The molecule has 1 amide bonds. The molecule has 0 aliphatic heterocycles. The Morgan fingerprint density at radius 2 is 2.00 bits per heavy atom. The predicted molar refractivity (Wildman–Crippen MR) is 69.0 cm³/mol. The number of hydrogen-bond acceptors (Lipinski definition) is 4. The minimum atomic E-state index is -0.626. The average molecular weight is 259 g/mol. The zero-order valence-corrected chi connectivity index (χ0v) is 11.2. The fourth-order valence-electron chi connectivity index (χ4n) is 2.08. The highest BCUT2D eigenvalue weighted by atomic mass is 32.1. The van der Waals surface area contributed by atoms with E-state index in [0.29, 0.717) is 12.5 Å². The lowest BCUT2D eigenvalue weighted by atomic mass is 9.90. The molecule has 0 spiro atoms. The lowest BCUT2D eigenvalue weighted by Gasteiger charge is -2.22. The minimum Gasteiger partial charge on any atom is -0.464 e. The van der Waals surface area contributed by atoms with Crippen LogP contribution in [-0.4, -0.2) is 30.3 Å². The second kappa shape index (κ2) is 7.58. The molecule has 1 rings (SSSR count). The summed E-state index contributed by atoms with van der Waals surface area (Å²) < 4.78 is 5.23. The summed E-state index contributed by atoms with van der Waals surface area (Å²) in [5.41, 5.74) is 0. The van der Waals surface area contributed by atoms with Gasteiger partial charge in [-0.2, -0.15) is 12.6 Å². The van der Waals surface area contributed by atoms with Crippen LogP contribution in [0.4, 0.5) is 0 Å². The molecular formula is C12H21NO3S. The average Bonchev–Trinajstić information content (AvgIpc) is 2.34. The van der Waals surface area contributed by atoms with Crippen molar-refractivity contribution in [3.05, 3.63) is 0 Å². The van der Waals surface area contributed by atoms with Crippen molar-refractivity contribution < 1.29 is 14.3 Å². The Labute approximate surface area is 108 Å². The number of amides is 1. The second-order valence-electron chi connectivity index (χ2n) is 4.57. The zero-order chi connectivity index (χ0) is 12.7. The fraction of sp³-hybridized carbons (Fsp3) is 0.833. The molecule has 1 saturated carbocycles. The number of nitrogens with one attached hydrogen (secondary N) is 1. The smallest absolute Gasteiger partial charge is 0.329 e. The quantitative estimate of drug-likeness (QED) is 0.582. The summed E-state index contributed by atoms with van der Waals surface area (Å²) in [6.07, 6.45) is 6.02. The zero-order valence-electron chi connectivity index (χ0n) is 10.3. The summed E-state index contributed by atoms with van der Waals surface area (Å²) in [6.45, 7) is 1.85. The van der Waals surface area contributed by atoms with Crippen LogP contribution in [0.2, 0.25) is 0 Å². The van der Waals surface area contributed by atoms with Gasteiger partial charge in [0.25, 0.3) is 0 Å². The van der Waals surface area contributed by atoms with Crippen molar-refractivity contribution in [2.24, 2.45) is 5.92 Å². The highest BCUT2D eigenvalue weighted by molar-refractivity contribution is 7.80. The third kappa shape index (κ3) is 5.44. The Hall–Kier alpha value is -0.710. The monoisotopic (exact) mass is 259 g/mol. The molecule has 5 heteroatoms. The maximum Gasteiger partial charge on any atom is 0.329 e. The molecule has 0 saturated heterocycles. The number of carbonyl (C=O) groups is 2. The van der Waals surface area contributed by atoms with Gasteiger partial charge in [0, 0.05) is 12.7 Å². The van der Waals surface area contributed by atoms with Gasteiger partial charge < -0.3 is 10.1 Å². The summed E-state index contributed by atoms with van der Waals surface area (Å²) in [5, 5.41) is 2.53. The third-order valence-corrected chi connectivity index (χ3v) is 3.40. The standard InChI is InChI=1S/C12H21NO3S/c1-9(14)13-11(8-17)12(15)16-7-10-5-3-2-4-6-10/h10-11,17H,2-8H2,1H3,(H,13,14). The van der Waals surface area contributed by atoms with E-state index in [-0.39, 0.29) is 17.6 Å². The molecule has 1 aliphatic rings. The number of ether oxygens (including phenoxy) is 1. The van der Waals surface area contributed by atoms with Gasteiger partial charge in [0.1, 0.15) is 6.04 Å². The van der Waals surface area contributed by atoms with E-state index >= 15 is 0 Å². The van der Waals surface area contributed by atoms with Gasteiger partial charge in [0.15, 0.2) is 0 Å². The van der Waals surface area contributed by atoms with Gasteiger partial charge in [-0.15, -0.1) is 0 Å². The summed E-state index contributed by atoms with van der Waals surface area (Å²) in [6, 6.07) is -0.626. The van der Waals surface area contributed by atoms with Crippen LogP contribution in [0.1, 0.15) is 39.0 Å². The second-order valence-corrected chi connectivity index (χ2v) is 4.93. The van der Waals surface area contributed by atoms with Crippen molar-refractivity contribution in [3.63, 3.8) is 0 Å². The minimum absolute atomic E-state index is 0.237. The number of rotatable bonds is 5. The molecule has 1 atom stereocenters. The fourth-order valence-corrected chi connectivity index (χ4v) is 2.32. The van der Waals surface area contributed by atoms with Crippen LogP contribution in [0.5, 0.6) is 0 Å². The third-order valence-electron chi connectivity index (χ3n) is 3.03. The highest BCUT2D eigenvalue weighted by Gasteiger charge is 2.21. The Kier molecular flexibility index (Phi) is 6.40. The lowest BCUT2D eigenvalue weighted by Crippen LogP contribution is -2.42. The van der Waals surface area contributed by atoms with E-state index in [1.54, 1.807) is 0 Å². The molecule has 1 N–H and O–H groups in total. The van der Waals surface area contributed by atoms with Crippen molar-refractivity contribution in [1.82, 2.24) is 5.32 Å². The molecule has 0 aromatic rings. The van der Waals surface area contributed by atoms with Crippen LogP contribution in [0.15, 0.2) is 0 Å². The van der Waals surface area contributed by atoms with E-state index in [0.717, 1.165) is 12.8 Å². The van der Waals surface area contributed by atoms with Crippen molar-refractivity contribution in [2.75, 3.05) is 12.4 Å². The molecule has 98 valence electrons. The molecule has 0 radical (unpaired) electrons. The molecule has 4 nitrogen and oxygen atoms in total. The maximum atomic E-state index is 11.7. The Morgan fingerprint density at radius 3 is 2.53 bits per heavy atom. The number of hydrogen-bond donors (Lipinski definition) is 2. The van der Waals surface area contributed by atoms with Gasteiger partial charge in [0.2, 0.25) is 5.91 Å². The van der Waals surface area contributed by atoms with Crippen molar-refractivity contribution in [2.45, 2.75) is 45.1 Å². The first-order valence-corrected chi connectivity index (χ1v) is 6.81. The first kappa shape index (κ1) is 14.4. The van der Waals surface area contributed by atoms with Crippen LogP contribution >= 0.6 is 12.6 Å². The molecule has 1 aliphatic carbocycles. The highest BCUT2D eigenvalue weighted by Crippen LogP contribution is 2.23. The van der Waals surface area contributed by atoms with Gasteiger partial charge in [-0.1, -0.05) is 19.3 Å². The molecule has 0 heterocycles. The molecule has 0 aromatic carbocycles. The van der Waals surface area contributed by atoms with Gasteiger partial charge in [0.05, 0.1) is 6.61 Å². The van der Waals surface area contributed by atoms with Gasteiger partial charge in [-0.25, -0.2) is 4.79 Å². The van der Waals surface area contributed by atoms with Crippen LogP contribution < -0.4 is 5.32 Å². The van der Waals surface area contributed by atoms with E-state index in [2.05, 4.69) is 17.9 Å². The lowest BCUT2D eigenvalue weighted by molar-refractivity contribution is -0.148. The molecular weight excluding hydrogens is 238 g/mol. The van der Waals surface area contributed by atoms with E-state index in [4.69, 9.17) is 4.74 Å². The molecule has 1 fully saturated rings. The first-order valence-electron chi connectivity index (χ1n) is 6.18. The van der Waals surface area contributed by atoms with Gasteiger partial charge in [-0.3, -0.25) is 4.79 Å². The number of esters is 1. The molecule has 0 aromatic heterocycles. The summed E-state index contributed by atoms with van der Waals surface area (Å²) >= 11 is 4.03. The van der Waals surface area contributed by atoms with E-state index < -0.39 is 6.04 Å². The number of carbonyl (C=O) groups excluding carboxylic acids is 2. The largest absolute Gasteiger partial charge is 0.464 e. The van der Waals surface area contributed by atoms with Crippen LogP contribution in [-0.2, 0) is 14.3 Å². The van der Waals surface area contributed by atoms with Crippen LogP contribution in [0.25, 0.3) is 0 Å². The Morgan fingerprint density at radius 1 is 1.35 bits per heavy atom. The molecule has 1 unspecified atom stereocenters. The summed E-state index contributed by atoms with van der Waals surface area (Å²) in [7, 11) is 0. The predicted octanol–water partition coefficient (Wildman–Crippen LogP) is 1.54. The molecule has 17 heavy (non-hydrogen) atoms. The Bertz CT molecular complexity index is 264. The first-order chi connectivity index (χ1) is 8.13. The summed E-state index contributed by atoms with van der Waals surface area (Å²) in [4.78, 5) is 22.5. The maximum absolute atomic E-state index is 11.7. The van der Waals surface area contributed by atoms with Crippen molar-refractivity contribution in [3.8, 4) is 0 Å². The summed E-state index contributed by atoms with van der Waals surface area (Å²) in [5.74, 6) is 0.147. The Balaban J connectivity index is 2.28. The van der Waals surface area contributed by atoms with Crippen LogP contribution in [0.3, 0.4) is 0 Å². The topological polar surface area (TPSA) is 55.4 Å². The molecule has 0 bridgehead atoms. The van der Waals surface area contributed by atoms with E-state index in [9.17, 15) is 9.59 Å². The number of thiol groups is 1. The van der Waals surface area contributed by atoms with Gasteiger partial charge in [-0.05, 0) is 18.8 Å². The SMILES string of the molecule is CC(=O)NC(CS)C(=O)OCC1CCCCC1. The van der Waals surface area contributed by atoms with Crippen LogP contribution in [0, 0.1) is 5.92 Å². The van der Waals surface area contributed by atoms with E-state index in [1.165, 1.54) is 26.2 Å².